The summed E-state index contributed by atoms with van der Waals surface area (Å²) < 4.78 is 41.3. The van der Waals surface area contributed by atoms with Crippen molar-refractivity contribution in [3.05, 3.63) is 70.0 Å². The van der Waals surface area contributed by atoms with Gasteiger partial charge in [0, 0.05) is 25.2 Å². The molecule has 0 aliphatic carbocycles. The topological polar surface area (TPSA) is 84.3 Å². The molecule has 1 N–H and O–H groups in total. The fourth-order valence-corrected chi connectivity index (χ4v) is 5.51. The SMILES string of the molecule is Cc1cc(S(=O)(=O)N(C)C)cc(NC(=O)c2cc3c(C)nn(-c4ccc(F)cc4)c3s2)c1C. The maximum Gasteiger partial charge on any atom is 0.265 e. The molecule has 0 aliphatic rings. The largest absolute Gasteiger partial charge is 0.321 e. The zero-order valence-electron chi connectivity index (χ0n) is 18.8. The highest BCUT2D eigenvalue weighted by atomic mass is 32.2. The Morgan fingerprint density at radius 1 is 1.09 bits per heavy atom. The number of carbonyl (C=O) groups excluding carboxylic acids is 1. The minimum Gasteiger partial charge on any atom is -0.321 e. The number of benzene rings is 2. The Morgan fingerprint density at radius 3 is 2.39 bits per heavy atom. The summed E-state index contributed by atoms with van der Waals surface area (Å²) in [5.41, 5.74) is 3.42. The average Bonchev–Trinajstić information content (AvgIpc) is 3.32. The molecule has 2 heterocycles. The van der Waals surface area contributed by atoms with Gasteiger partial charge in [-0.05, 0) is 74.4 Å². The van der Waals surface area contributed by atoms with Crippen molar-refractivity contribution in [2.45, 2.75) is 25.7 Å². The number of aryl methyl sites for hydroxylation is 2. The molecule has 172 valence electrons. The summed E-state index contributed by atoms with van der Waals surface area (Å²) in [6.07, 6.45) is 0. The Hall–Kier alpha value is -3.08. The molecule has 0 aliphatic heterocycles. The minimum atomic E-state index is -3.65. The molecule has 2 aromatic carbocycles. The number of nitrogens with zero attached hydrogens (tertiary/aromatic N) is 3. The number of hydrogen-bond acceptors (Lipinski definition) is 5. The molecule has 10 heteroatoms. The molecular weight excluding hydrogens is 463 g/mol. The van der Waals surface area contributed by atoms with Crippen LogP contribution >= 0.6 is 11.3 Å². The van der Waals surface area contributed by atoms with E-state index in [2.05, 4.69) is 10.4 Å². The zero-order chi connectivity index (χ0) is 24.1. The van der Waals surface area contributed by atoms with Gasteiger partial charge < -0.3 is 5.32 Å². The molecule has 0 fully saturated rings. The van der Waals surface area contributed by atoms with Gasteiger partial charge in [-0.25, -0.2) is 21.8 Å². The van der Waals surface area contributed by atoms with E-state index in [1.807, 2.05) is 13.8 Å². The van der Waals surface area contributed by atoms with Crippen LogP contribution in [0.1, 0.15) is 26.5 Å². The number of aromatic nitrogens is 2. The number of hydrogen-bond donors (Lipinski definition) is 1. The number of rotatable bonds is 5. The Morgan fingerprint density at radius 2 is 1.76 bits per heavy atom. The average molecular weight is 487 g/mol. The highest BCUT2D eigenvalue weighted by Gasteiger charge is 2.22. The lowest BCUT2D eigenvalue weighted by Crippen LogP contribution is -2.23. The third-order valence-corrected chi connectivity index (χ3v) is 8.41. The summed E-state index contributed by atoms with van der Waals surface area (Å²) in [5.74, 6) is -0.683. The molecule has 0 saturated heterocycles. The van der Waals surface area contributed by atoms with E-state index in [4.69, 9.17) is 0 Å². The van der Waals surface area contributed by atoms with Crippen LogP contribution in [0.25, 0.3) is 15.9 Å². The molecule has 33 heavy (non-hydrogen) atoms. The van der Waals surface area contributed by atoms with Crippen LogP contribution in [-0.4, -0.2) is 42.5 Å². The zero-order valence-corrected chi connectivity index (χ0v) is 20.4. The van der Waals surface area contributed by atoms with Crippen LogP contribution in [0.3, 0.4) is 0 Å². The van der Waals surface area contributed by atoms with Crippen LogP contribution in [0.4, 0.5) is 10.1 Å². The third-order valence-electron chi connectivity index (χ3n) is 5.51. The number of thiophene rings is 1. The van der Waals surface area contributed by atoms with Gasteiger partial charge in [0.25, 0.3) is 5.91 Å². The molecule has 0 saturated carbocycles. The van der Waals surface area contributed by atoms with E-state index in [9.17, 15) is 17.6 Å². The van der Waals surface area contributed by atoms with Crippen LogP contribution in [0.5, 0.6) is 0 Å². The Labute approximate surface area is 195 Å². The number of halogens is 1. The lowest BCUT2D eigenvalue weighted by atomic mass is 10.1. The smallest absolute Gasteiger partial charge is 0.265 e. The van der Waals surface area contributed by atoms with Crippen molar-refractivity contribution in [3.63, 3.8) is 0 Å². The van der Waals surface area contributed by atoms with Gasteiger partial charge in [0.15, 0.2) is 0 Å². The van der Waals surface area contributed by atoms with E-state index in [0.717, 1.165) is 31.3 Å². The molecule has 4 rings (SSSR count). The number of amides is 1. The molecule has 0 radical (unpaired) electrons. The van der Waals surface area contributed by atoms with E-state index in [0.29, 0.717) is 16.3 Å². The summed E-state index contributed by atoms with van der Waals surface area (Å²) >= 11 is 1.26. The fourth-order valence-electron chi connectivity index (χ4n) is 3.42. The van der Waals surface area contributed by atoms with E-state index < -0.39 is 10.0 Å². The minimum absolute atomic E-state index is 0.116. The van der Waals surface area contributed by atoms with Crippen LogP contribution in [0, 0.1) is 26.6 Å². The standard InChI is InChI=1S/C23H23FN4O3S2/c1-13-10-18(33(30,31)27(4)5)11-20(14(13)2)25-22(29)21-12-19-15(3)26-28(23(19)32-21)17-8-6-16(24)7-9-17/h6-12H,1-5H3,(H,25,29). The third kappa shape index (κ3) is 4.17. The molecule has 1 amide bonds. The van der Waals surface area contributed by atoms with E-state index >= 15 is 0 Å². The fraction of sp³-hybridized carbons (Fsp3) is 0.217. The van der Waals surface area contributed by atoms with Crippen molar-refractivity contribution in [1.82, 2.24) is 14.1 Å². The van der Waals surface area contributed by atoms with Crippen LogP contribution in [-0.2, 0) is 10.0 Å². The molecule has 0 spiro atoms. The number of sulfonamides is 1. The van der Waals surface area contributed by atoms with Crippen LogP contribution in [0.2, 0.25) is 0 Å². The normalized spacial score (nSPS) is 12.0. The first-order chi connectivity index (χ1) is 15.5. The second-order valence-electron chi connectivity index (χ2n) is 7.96. The number of anilines is 1. The van der Waals surface area contributed by atoms with Gasteiger partial charge in [-0.1, -0.05) is 0 Å². The summed E-state index contributed by atoms with van der Waals surface area (Å²) in [4.78, 5) is 14.4. The molecule has 4 aromatic rings. The quantitative estimate of drug-likeness (QED) is 0.445. The highest BCUT2D eigenvalue weighted by molar-refractivity contribution is 7.89. The monoisotopic (exact) mass is 486 g/mol. The van der Waals surface area contributed by atoms with Gasteiger partial charge in [0.2, 0.25) is 10.0 Å². The second-order valence-corrected chi connectivity index (χ2v) is 11.1. The molecular formula is C23H23FN4O3S2. The van der Waals surface area contributed by atoms with Crippen LogP contribution in [0.15, 0.2) is 47.4 Å². The van der Waals surface area contributed by atoms with E-state index in [1.54, 1.807) is 35.9 Å². The summed E-state index contributed by atoms with van der Waals surface area (Å²) in [5, 5.41) is 8.21. The molecule has 7 nitrogen and oxygen atoms in total. The van der Waals surface area contributed by atoms with Gasteiger partial charge in [-0.2, -0.15) is 5.10 Å². The second kappa shape index (κ2) is 8.36. The van der Waals surface area contributed by atoms with E-state index in [-0.39, 0.29) is 16.6 Å². The highest BCUT2D eigenvalue weighted by Crippen LogP contribution is 2.32. The maximum atomic E-state index is 13.3. The lowest BCUT2D eigenvalue weighted by Gasteiger charge is -2.16. The summed E-state index contributed by atoms with van der Waals surface area (Å²) in [7, 11) is -0.719. The number of nitrogens with one attached hydrogen (secondary N) is 1. The first kappa shape index (κ1) is 23.1. The van der Waals surface area contributed by atoms with Gasteiger partial charge >= 0.3 is 0 Å². The lowest BCUT2D eigenvalue weighted by molar-refractivity contribution is 0.103. The predicted octanol–water partition coefficient (Wildman–Crippen LogP) is 4.65. The Bertz CT molecular complexity index is 1490. The van der Waals surface area contributed by atoms with Crippen molar-refractivity contribution in [1.29, 1.82) is 0 Å². The Kier molecular flexibility index (Phi) is 5.85. The van der Waals surface area contributed by atoms with Gasteiger partial charge in [0.1, 0.15) is 10.6 Å². The van der Waals surface area contributed by atoms with Crippen molar-refractivity contribution in [2.24, 2.45) is 0 Å². The molecule has 2 aromatic heterocycles. The molecule has 0 unspecified atom stereocenters. The molecule has 0 atom stereocenters. The van der Waals surface area contributed by atoms with Gasteiger partial charge in [-0.3, -0.25) is 4.79 Å². The first-order valence-corrected chi connectivity index (χ1v) is 12.3. The van der Waals surface area contributed by atoms with Crippen LogP contribution < -0.4 is 5.32 Å². The molecule has 0 bridgehead atoms. The van der Waals surface area contributed by atoms with Gasteiger partial charge in [-0.15, -0.1) is 11.3 Å². The summed E-state index contributed by atoms with van der Waals surface area (Å²) in [6.45, 7) is 5.48. The first-order valence-electron chi connectivity index (χ1n) is 10.1. The van der Waals surface area contributed by atoms with Crippen molar-refractivity contribution >= 4 is 43.2 Å². The van der Waals surface area contributed by atoms with Crippen molar-refractivity contribution in [2.75, 3.05) is 19.4 Å². The van der Waals surface area contributed by atoms with Gasteiger partial charge in [0.05, 0.1) is 21.2 Å². The summed E-state index contributed by atoms with van der Waals surface area (Å²) in [6, 6.07) is 10.8. The number of fused-ring (bicyclic) bond motifs is 1. The van der Waals surface area contributed by atoms with E-state index in [1.165, 1.54) is 43.6 Å². The van der Waals surface area contributed by atoms with Crippen molar-refractivity contribution in [3.8, 4) is 5.69 Å². The predicted molar refractivity (Wildman–Crippen MR) is 128 cm³/mol. The number of carbonyl (C=O) groups is 1. The Balaban J connectivity index is 1.71. The maximum absolute atomic E-state index is 13.3. The van der Waals surface area contributed by atoms with Crippen molar-refractivity contribution < 1.29 is 17.6 Å².